The number of rotatable bonds is 3. The zero-order valence-electron chi connectivity index (χ0n) is 6.82. The molecule has 2 heterocycles. The SMILES string of the molecule is O=C(O)CCc1cc2cscc2s1. The molecule has 0 aliphatic rings. The number of carboxylic acid groups (broad SMARTS) is 1. The number of aryl methyl sites for hydroxylation is 1. The Hall–Kier alpha value is -0.870. The highest BCUT2D eigenvalue weighted by molar-refractivity contribution is 7.22. The van der Waals surface area contributed by atoms with E-state index < -0.39 is 5.97 Å². The molecule has 2 nitrogen and oxygen atoms in total. The molecule has 0 aliphatic heterocycles. The lowest BCUT2D eigenvalue weighted by Gasteiger charge is -1.90. The molecule has 68 valence electrons. The van der Waals surface area contributed by atoms with E-state index in [1.54, 1.807) is 22.7 Å². The van der Waals surface area contributed by atoms with Gasteiger partial charge in [-0.1, -0.05) is 0 Å². The van der Waals surface area contributed by atoms with Gasteiger partial charge in [-0.3, -0.25) is 4.79 Å². The monoisotopic (exact) mass is 212 g/mol. The van der Waals surface area contributed by atoms with Gasteiger partial charge in [0.2, 0.25) is 0 Å². The average Bonchev–Trinajstić information content (AvgIpc) is 2.58. The Labute approximate surface area is 83.4 Å². The molecule has 4 heteroatoms. The first kappa shape index (κ1) is 8.72. The molecule has 13 heavy (non-hydrogen) atoms. The van der Waals surface area contributed by atoms with Crippen molar-refractivity contribution in [1.82, 2.24) is 0 Å². The van der Waals surface area contributed by atoms with Gasteiger partial charge >= 0.3 is 5.97 Å². The van der Waals surface area contributed by atoms with E-state index in [1.165, 1.54) is 15.0 Å². The van der Waals surface area contributed by atoms with Crippen molar-refractivity contribution in [3.63, 3.8) is 0 Å². The zero-order valence-corrected chi connectivity index (χ0v) is 8.45. The van der Waals surface area contributed by atoms with Gasteiger partial charge < -0.3 is 5.11 Å². The van der Waals surface area contributed by atoms with E-state index in [0.29, 0.717) is 6.42 Å². The summed E-state index contributed by atoms with van der Waals surface area (Å²) in [7, 11) is 0. The van der Waals surface area contributed by atoms with Crippen molar-refractivity contribution in [2.45, 2.75) is 12.8 Å². The second-order valence-corrected chi connectivity index (χ2v) is 4.71. The Morgan fingerprint density at radius 1 is 1.46 bits per heavy atom. The average molecular weight is 212 g/mol. The Morgan fingerprint density at radius 2 is 2.31 bits per heavy atom. The van der Waals surface area contributed by atoms with Crippen molar-refractivity contribution in [2.75, 3.05) is 0 Å². The van der Waals surface area contributed by atoms with E-state index in [0.717, 1.165) is 0 Å². The number of hydrogen-bond donors (Lipinski definition) is 1. The van der Waals surface area contributed by atoms with Crippen LogP contribution >= 0.6 is 22.7 Å². The number of carbonyl (C=O) groups is 1. The Balaban J connectivity index is 2.15. The molecule has 0 amide bonds. The minimum absolute atomic E-state index is 0.229. The summed E-state index contributed by atoms with van der Waals surface area (Å²) in [5.41, 5.74) is 0. The van der Waals surface area contributed by atoms with E-state index in [-0.39, 0.29) is 6.42 Å². The summed E-state index contributed by atoms with van der Waals surface area (Å²) in [4.78, 5) is 11.5. The molecular weight excluding hydrogens is 204 g/mol. The van der Waals surface area contributed by atoms with Crippen LogP contribution in [0.4, 0.5) is 0 Å². The Bertz CT molecular complexity index is 399. The molecule has 0 saturated heterocycles. The highest BCUT2D eigenvalue weighted by Gasteiger charge is 2.04. The number of thiophene rings is 2. The first-order chi connectivity index (χ1) is 6.25. The van der Waals surface area contributed by atoms with Crippen molar-refractivity contribution < 1.29 is 9.90 Å². The molecule has 2 aromatic rings. The summed E-state index contributed by atoms with van der Waals surface area (Å²) in [6.07, 6.45) is 0.881. The highest BCUT2D eigenvalue weighted by atomic mass is 32.1. The molecule has 0 aromatic carbocycles. The van der Waals surface area contributed by atoms with Crippen molar-refractivity contribution in [3.05, 3.63) is 21.7 Å². The summed E-state index contributed by atoms with van der Waals surface area (Å²) < 4.78 is 1.27. The molecule has 0 aliphatic carbocycles. The molecule has 0 bridgehead atoms. The molecule has 0 radical (unpaired) electrons. The summed E-state index contributed by atoms with van der Waals surface area (Å²) in [6.45, 7) is 0. The van der Waals surface area contributed by atoms with Crippen LogP contribution in [0.5, 0.6) is 0 Å². The molecule has 2 rings (SSSR count). The largest absolute Gasteiger partial charge is 0.481 e. The van der Waals surface area contributed by atoms with Gasteiger partial charge in [-0.05, 0) is 17.9 Å². The number of aliphatic carboxylic acids is 1. The van der Waals surface area contributed by atoms with Gasteiger partial charge in [0.05, 0.1) is 6.42 Å². The lowest BCUT2D eigenvalue weighted by molar-refractivity contribution is -0.136. The molecule has 0 atom stereocenters. The maximum Gasteiger partial charge on any atom is 0.303 e. The Kier molecular flexibility index (Phi) is 2.33. The van der Waals surface area contributed by atoms with Crippen LogP contribution in [0.3, 0.4) is 0 Å². The van der Waals surface area contributed by atoms with Crippen LogP contribution in [0, 0.1) is 0 Å². The third-order valence-corrected chi connectivity index (χ3v) is 3.87. The smallest absolute Gasteiger partial charge is 0.303 e. The Morgan fingerprint density at radius 3 is 3.00 bits per heavy atom. The first-order valence-electron chi connectivity index (χ1n) is 3.92. The lowest BCUT2D eigenvalue weighted by Crippen LogP contribution is -1.95. The van der Waals surface area contributed by atoms with Crippen LogP contribution in [-0.4, -0.2) is 11.1 Å². The van der Waals surface area contributed by atoms with Crippen molar-refractivity contribution >= 4 is 38.7 Å². The molecule has 1 N–H and O–H groups in total. The fourth-order valence-electron chi connectivity index (χ4n) is 1.18. The number of fused-ring (bicyclic) bond motifs is 1. The molecular formula is C9H8O2S2. The van der Waals surface area contributed by atoms with Crippen molar-refractivity contribution in [1.29, 1.82) is 0 Å². The molecule has 0 spiro atoms. The molecule has 0 unspecified atom stereocenters. The van der Waals surface area contributed by atoms with Gasteiger partial charge in [0, 0.05) is 20.3 Å². The van der Waals surface area contributed by atoms with E-state index in [4.69, 9.17) is 5.11 Å². The van der Waals surface area contributed by atoms with Crippen LogP contribution < -0.4 is 0 Å². The lowest BCUT2D eigenvalue weighted by atomic mass is 10.2. The van der Waals surface area contributed by atoms with Crippen LogP contribution in [0.25, 0.3) is 10.1 Å². The topological polar surface area (TPSA) is 37.3 Å². The minimum Gasteiger partial charge on any atom is -0.481 e. The first-order valence-corrected chi connectivity index (χ1v) is 5.68. The summed E-state index contributed by atoms with van der Waals surface area (Å²) in [5, 5.41) is 13.9. The fraction of sp³-hybridized carbons (Fsp3) is 0.222. The maximum absolute atomic E-state index is 10.3. The predicted octanol–water partition coefficient (Wildman–Crippen LogP) is 2.98. The minimum atomic E-state index is -0.726. The van der Waals surface area contributed by atoms with Crippen LogP contribution in [-0.2, 0) is 11.2 Å². The van der Waals surface area contributed by atoms with E-state index >= 15 is 0 Å². The summed E-state index contributed by atoms with van der Waals surface area (Å²) >= 11 is 3.38. The third kappa shape index (κ3) is 1.89. The van der Waals surface area contributed by atoms with Gasteiger partial charge in [0.15, 0.2) is 0 Å². The summed E-state index contributed by atoms with van der Waals surface area (Å²) in [6, 6.07) is 2.08. The molecule has 0 fully saturated rings. The van der Waals surface area contributed by atoms with Gasteiger partial charge in [0.1, 0.15) is 0 Å². The normalized spacial score (nSPS) is 10.8. The fourth-order valence-corrected chi connectivity index (χ4v) is 3.19. The van der Waals surface area contributed by atoms with Crippen molar-refractivity contribution in [3.8, 4) is 0 Å². The predicted molar refractivity (Wildman–Crippen MR) is 55.7 cm³/mol. The number of hydrogen-bond acceptors (Lipinski definition) is 3. The van der Waals surface area contributed by atoms with Crippen LogP contribution in [0.15, 0.2) is 16.8 Å². The zero-order chi connectivity index (χ0) is 9.26. The quantitative estimate of drug-likeness (QED) is 0.849. The second-order valence-electron chi connectivity index (χ2n) is 2.80. The summed E-state index contributed by atoms with van der Waals surface area (Å²) in [5.74, 6) is -0.726. The molecule has 0 saturated carbocycles. The van der Waals surface area contributed by atoms with E-state index in [2.05, 4.69) is 16.8 Å². The van der Waals surface area contributed by atoms with Gasteiger partial charge in [-0.2, -0.15) is 11.3 Å². The number of carboxylic acids is 1. The second kappa shape index (κ2) is 3.47. The molecule has 2 aromatic heterocycles. The van der Waals surface area contributed by atoms with E-state index in [1.807, 2.05) is 0 Å². The standard InChI is InChI=1S/C9H8O2S2/c10-9(11)2-1-7-3-6-4-12-5-8(6)13-7/h3-5H,1-2H2,(H,10,11). The van der Waals surface area contributed by atoms with Crippen LogP contribution in [0.1, 0.15) is 11.3 Å². The van der Waals surface area contributed by atoms with E-state index in [9.17, 15) is 4.79 Å². The maximum atomic E-state index is 10.3. The third-order valence-electron chi connectivity index (χ3n) is 1.80. The van der Waals surface area contributed by atoms with Gasteiger partial charge in [0.25, 0.3) is 0 Å². The van der Waals surface area contributed by atoms with Crippen LogP contribution in [0.2, 0.25) is 0 Å². The van der Waals surface area contributed by atoms with Gasteiger partial charge in [-0.25, -0.2) is 0 Å². The van der Waals surface area contributed by atoms with Gasteiger partial charge in [-0.15, -0.1) is 11.3 Å². The van der Waals surface area contributed by atoms with Crippen molar-refractivity contribution in [2.24, 2.45) is 0 Å². The highest BCUT2D eigenvalue weighted by Crippen LogP contribution is 2.29.